The van der Waals surface area contributed by atoms with Gasteiger partial charge in [-0.1, -0.05) is 13.8 Å². The van der Waals surface area contributed by atoms with E-state index in [0.717, 1.165) is 0 Å². The maximum Gasteiger partial charge on any atom is 0.522 e. The van der Waals surface area contributed by atoms with Crippen LogP contribution in [0.4, 0.5) is 13.2 Å². The molecule has 0 aromatic heterocycles. The van der Waals surface area contributed by atoms with Crippen molar-refractivity contribution >= 4 is 5.78 Å². The fourth-order valence-electron chi connectivity index (χ4n) is 0.320. The van der Waals surface area contributed by atoms with E-state index in [9.17, 15) is 18.0 Å². The number of alkyl halides is 3. The summed E-state index contributed by atoms with van der Waals surface area (Å²) in [6.45, 7) is 2.14. The molecule has 0 N–H and O–H groups in total. The lowest BCUT2D eigenvalue weighted by molar-refractivity contribution is -0.321. The average Bonchev–Trinajstić information content (AvgIpc) is 1.80. The second kappa shape index (κ2) is 3.71. The quantitative estimate of drug-likeness (QED) is 0.644. The molecule has 0 bridgehead atoms. The van der Waals surface area contributed by atoms with Gasteiger partial charge in [0.05, 0.1) is 0 Å². The number of Topliss-reactive ketones (excluding diaryl/α,β-unsaturated/α-hetero) is 1. The van der Waals surface area contributed by atoms with Crippen molar-refractivity contribution in [1.29, 1.82) is 0 Å². The van der Waals surface area contributed by atoms with Crippen LogP contribution < -0.4 is 0 Å². The van der Waals surface area contributed by atoms with Gasteiger partial charge in [-0.25, -0.2) is 0 Å². The minimum absolute atomic E-state index is 0.419. The van der Waals surface area contributed by atoms with E-state index in [2.05, 4.69) is 4.74 Å². The number of halogens is 3. The van der Waals surface area contributed by atoms with Gasteiger partial charge in [-0.2, -0.15) is 0 Å². The van der Waals surface area contributed by atoms with Gasteiger partial charge in [0.2, 0.25) is 0 Å². The summed E-state index contributed by atoms with van der Waals surface area (Å²) >= 11 is 0. The highest BCUT2D eigenvalue weighted by molar-refractivity contribution is 5.81. The van der Waals surface area contributed by atoms with E-state index < -0.39 is 24.7 Å². The minimum atomic E-state index is -4.70. The van der Waals surface area contributed by atoms with Crippen LogP contribution in [0.2, 0.25) is 0 Å². The molecule has 0 spiro atoms. The second-order valence-corrected chi connectivity index (χ2v) is 2.36. The lowest BCUT2D eigenvalue weighted by atomic mass is 10.1. The Morgan fingerprint density at radius 3 is 2.18 bits per heavy atom. The summed E-state index contributed by atoms with van der Waals surface area (Å²) in [5.74, 6) is -0.973. The summed E-state index contributed by atoms with van der Waals surface area (Å²) in [5, 5.41) is 0. The van der Waals surface area contributed by atoms with Gasteiger partial charge in [-0.3, -0.25) is 9.53 Å². The maximum absolute atomic E-state index is 11.3. The van der Waals surface area contributed by atoms with E-state index in [1.807, 2.05) is 0 Å². The van der Waals surface area contributed by atoms with E-state index in [-0.39, 0.29) is 0 Å². The Morgan fingerprint density at radius 2 is 1.91 bits per heavy atom. The first-order chi connectivity index (χ1) is 4.83. The van der Waals surface area contributed by atoms with Crippen molar-refractivity contribution in [3.8, 4) is 0 Å². The van der Waals surface area contributed by atoms with Gasteiger partial charge in [-0.15, -0.1) is 13.2 Å². The molecule has 0 aromatic carbocycles. The van der Waals surface area contributed by atoms with E-state index in [0.29, 0.717) is 0 Å². The van der Waals surface area contributed by atoms with Gasteiger partial charge >= 0.3 is 6.36 Å². The maximum atomic E-state index is 11.3. The first-order valence-electron chi connectivity index (χ1n) is 3.06. The Morgan fingerprint density at radius 1 is 1.45 bits per heavy atom. The molecular formula is C6H9F3O2. The zero-order valence-electron chi connectivity index (χ0n) is 6.23. The first kappa shape index (κ1) is 10.4. The number of carbonyl (C=O) groups is 1. The Labute approximate surface area is 62.3 Å². The summed E-state index contributed by atoms with van der Waals surface area (Å²) in [7, 11) is 0. The molecule has 0 rings (SSSR count). The van der Waals surface area contributed by atoms with Crippen LogP contribution in [0, 0.1) is 5.92 Å². The number of hydrogen-bond donors (Lipinski definition) is 0. The smallest absolute Gasteiger partial charge is 0.297 e. The Kier molecular flexibility index (Phi) is 3.51. The molecule has 0 atom stereocenters. The first-order valence-corrected chi connectivity index (χ1v) is 3.06. The van der Waals surface area contributed by atoms with Crippen molar-refractivity contribution in [2.45, 2.75) is 20.2 Å². The molecular weight excluding hydrogens is 161 g/mol. The molecule has 0 saturated heterocycles. The SMILES string of the molecule is CC(C)C(=O)COC(F)(F)F. The fraction of sp³-hybridized carbons (Fsp3) is 0.833. The third-order valence-electron chi connectivity index (χ3n) is 1.02. The summed E-state index contributed by atoms with van der Waals surface area (Å²) in [6.07, 6.45) is -4.70. The summed E-state index contributed by atoms with van der Waals surface area (Å²) in [6, 6.07) is 0. The van der Waals surface area contributed by atoms with Crippen molar-refractivity contribution in [2.75, 3.05) is 6.61 Å². The lowest BCUT2D eigenvalue weighted by Crippen LogP contribution is -2.22. The van der Waals surface area contributed by atoms with Gasteiger partial charge in [0.25, 0.3) is 0 Å². The number of hydrogen-bond acceptors (Lipinski definition) is 2. The third kappa shape index (κ3) is 5.84. The van der Waals surface area contributed by atoms with E-state index in [1.54, 1.807) is 0 Å². The minimum Gasteiger partial charge on any atom is -0.297 e. The Hall–Kier alpha value is -0.580. The largest absolute Gasteiger partial charge is 0.522 e. The molecule has 0 fully saturated rings. The highest BCUT2D eigenvalue weighted by Crippen LogP contribution is 2.16. The van der Waals surface area contributed by atoms with Crippen molar-refractivity contribution in [3.05, 3.63) is 0 Å². The number of carbonyl (C=O) groups excluding carboxylic acids is 1. The highest BCUT2D eigenvalue weighted by Gasteiger charge is 2.30. The highest BCUT2D eigenvalue weighted by atomic mass is 19.4. The molecule has 0 aliphatic rings. The fourth-order valence-corrected chi connectivity index (χ4v) is 0.320. The molecule has 2 nitrogen and oxygen atoms in total. The molecule has 66 valence electrons. The molecule has 5 heteroatoms. The van der Waals surface area contributed by atoms with Crippen LogP contribution in [-0.2, 0) is 9.53 Å². The average molecular weight is 170 g/mol. The van der Waals surface area contributed by atoms with Crippen LogP contribution in [0.1, 0.15) is 13.8 Å². The van der Waals surface area contributed by atoms with Crippen LogP contribution >= 0.6 is 0 Å². The number of ketones is 1. The Balaban J connectivity index is 3.64. The van der Waals surface area contributed by atoms with Gasteiger partial charge in [0.15, 0.2) is 5.78 Å². The monoisotopic (exact) mass is 170 g/mol. The van der Waals surface area contributed by atoms with Crippen LogP contribution in [0.5, 0.6) is 0 Å². The summed E-state index contributed by atoms with van der Waals surface area (Å²) in [4.78, 5) is 10.6. The molecule has 0 unspecified atom stereocenters. The molecule has 0 aliphatic carbocycles. The number of rotatable bonds is 3. The van der Waals surface area contributed by atoms with Crippen LogP contribution in [0.15, 0.2) is 0 Å². The third-order valence-corrected chi connectivity index (χ3v) is 1.02. The normalized spacial score (nSPS) is 12.2. The zero-order valence-corrected chi connectivity index (χ0v) is 6.23. The summed E-state index contributed by atoms with van der Waals surface area (Å²) in [5.41, 5.74) is 0. The lowest BCUT2D eigenvalue weighted by Gasteiger charge is -2.07. The number of ether oxygens (including phenoxy) is 1. The molecule has 0 heterocycles. The molecule has 0 saturated carbocycles. The Bertz CT molecular complexity index is 139. The van der Waals surface area contributed by atoms with E-state index >= 15 is 0 Å². The topological polar surface area (TPSA) is 26.3 Å². The van der Waals surface area contributed by atoms with Crippen molar-refractivity contribution in [3.63, 3.8) is 0 Å². The zero-order chi connectivity index (χ0) is 9.07. The van der Waals surface area contributed by atoms with Crippen molar-refractivity contribution in [2.24, 2.45) is 5.92 Å². The molecule has 0 radical (unpaired) electrons. The standard InChI is InChI=1S/C6H9F3O2/c1-4(2)5(10)3-11-6(7,8)9/h4H,3H2,1-2H3. The van der Waals surface area contributed by atoms with Crippen LogP contribution in [-0.4, -0.2) is 18.8 Å². The van der Waals surface area contributed by atoms with Gasteiger partial charge in [-0.05, 0) is 0 Å². The predicted molar refractivity (Wildman–Crippen MR) is 31.9 cm³/mol. The van der Waals surface area contributed by atoms with Crippen LogP contribution in [0.3, 0.4) is 0 Å². The van der Waals surface area contributed by atoms with Gasteiger partial charge < -0.3 is 0 Å². The van der Waals surface area contributed by atoms with E-state index in [1.165, 1.54) is 13.8 Å². The summed E-state index contributed by atoms with van der Waals surface area (Å²) < 4.78 is 37.2. The van der Waals surface area contributed by atoms with Gasteiger partial charge in [0.1, 0.15) is 6.61 Å². The molecule has 0 aliphatic heterocycles. The van der Waals surface area contributed by atoms with Crippen molar-refractivity contribution in [1.82, 2.24) is 0 Å². The van der Waals surface area contributed by atoms with Crippen molar-refractivity contribution < 1.29 is 22.7 Å². The second-order valence-electron chi connectivity index (χ2n) is 2.36. The van der Waals surface area contributed by atoms with Gasteiger partial charge in [0, 0.05) is 5.92 Å². The molecule has 0 amide bonds. The van der Waals surface area contributed by atoms with E-state index in [4.69, 9.17) is 0 Å². The predicted octanol–water partition coefficient (Wildman–Crippen LogP) is 1.75. The molecule has 0 aromatic rings. The van der Waals surface area contributed by atoms with Crippen LogP contribution in [0.25, 0.3) is 0 Å². The molecule has 11 heavy (non-hydrogen) atoms.